The Morgan fingerprint density at radius 1 is 1.25 bits per heavy atom. The lowest BCUT2D eigenvalue weighted by Gasteiger charge is -2.20. The number of rotatable bonds is 9. The summed E-state index contributed by atoms with van der Waals surface area (Å²) in [6.45, 7) is 5.86. The molecule has 0 spiro atoms. The van der Waals surface area contributed by atoms with Gasteiger partial charge in [-0.15, -0.1) is 0 Å². The van der Waals surface area contributed by atoms with Gasteiger partial charge in [0.2, 0.25) is 15.7 Å². The summed E-state index contributed by atoms with van der Waals surface area (Å²) >= 11 is 0. The Labute approximate surface area is 206 Å². The molecule has 36 heavy (non-hydrogen) atoms. The molecule has 1 heterocycles. The van der Waals surface area contributed by atoms with Crippen LogP contribution in [0.25, 0.3) is 0 Å². The van der Waals surface area contributed by atoms with Crippen LogP contribution < -0.4 is 10.1 Å². The van der Waals surface area contributed by atoms with E-state index in [2.05, 4.69) is 15.3 Å². The van der Waals surface area contributed by atoms with Crippen molar-refractivity contribution in [3.63, 3.8) is 0 Å². The zero-order chi connectivity index (χ0) is 27.3. The van der Waals surface area contributed by atoms with E-state index in [1.54, 1.807) is 27.7 Å². The number of hydrogen-bond acceptors (Lipinski definition) is 13. The number of anilines is 1. The number of sulfone groups is 1. The molecule has 0 fully saturated rings. The molecule has 15 heteroatoms. The maximum Gasteiger partial charge on any atom is 0.373 e. The Hall–Kier alpha value is -4.32. The molecule has 14 nitrogen and oxygen atoms in total. The maximum absolute atomic E-state index is 12.7. The fraction of sp³-hybridized carbons (Fsp3) is 0.381. The van der Waals surface area contributed by atoms with E-state index in [1.807, 2.05) is 6.07 Å². The number of nitriles is 1. The second-order valence-corrected chi connectivity index (χ2v) is 10.0. The minimum Gasteiger partial charge on any atom is -0.465 e. The van der Waals surface area contributed by atoms with Gasteiger partial charge in [0.1, 0.15) is 23.5 Å². The van der Waals surface area contributed by atoms with Crippen molar-refractivity contribution in [2.75, 3.05) is 24.7 Å². The Balaban J connectivity index is 2.71. The molecular formula is C21H23N5O9S. The van der Waals surface area contributed by atoms with Crippen LogP contribution in [-0.2, 0) is 24.1 Å². The number of carbonyl (C=O) groups is 2. The van der Waals surface area contributed by atoms with Gasteiger partial charge in [-0.05, 0) is 45.9 Å². The third-order valence-electron chi connectivity index (χ3n) is 3.99. The number of nitro groups is 1. The van der Waals surface area contributed by atoms with Crippen molar-refractivity contribution in [1.29, 1.82) is 5.26 Å². The molecule has 0 unspecified atom stereocenters. The fourth-order valence-electron chi connectivity index (χ4n) is 2.59. The van der Waals surface area contributed by atoms with E-state index in [0.717, 1.165) is 12.3 Å². The molecule has 0 radical (unpaired) electrons. The smallest absolute Gasteiger partial charge is 0.373 e. The van der Waals surface area contributed by atoms with Crippen molar-refractivity contribution in [3.05, 3.63) is 39.4 Å². The molecule has 0 aliphatic carbocycles. The van der Waals surface area contributed by atoms with Crippen LogP contribution in [0.15, 0.2) is 23.4 Å². The first-order valence-electron chi connectivity index (χ1n) is 10.3. The number of nitrogens with one attached hydrogen (secondary N) is 1. The first-order valence-corrected chi connectivity index (χ1v) is 12.2. The highest BCUT2D eigenvalue weighted by Crippen LogP contribution is 2.37. The van der Waals surface area contributed by atoms with Crippen LogP contribution in [0.4, 0.5) is 11.5 Å². The van der Waals surface area contributed by atoms with Gasteiger partial charge >= 0.3 is 23.5 Å². The second-order valence-electron chi connectivity index (χ2n) is 8.12. The third kappa shape index (κ3) is 7.34. The van der Waals surface area contributed by atoms with Gasteiger partial charge in [-0.1, -0.05) is 0 Å². The number of carbonyl (C=O) groups excluding carboxylic acids is 2. The fourth-order valence-corrected chi connectivity index (χ4v) is 3.10. The predicted molar refractivity (Wildman–Crippen MR) is 123 cm³/mol. The lowest BCUT2D eigenvalue weighted by molar-refractivity contribution is -0.385. The summed E-state index contributed by atoms with van der Waals surface area (Å²) in [5.41, 5.74) is -2.02. The van der Waals surface area contributed by atoms with Crippen LogP contribution in [0.2, 0.25) is 0 Å². The summed E-state index contributed by atoms with van der Waals surface area (Å²) in [6, 6.07) is 5.46. The summed E-state index contributed by atoms with van der Waals surface area (Å²) in [7, 11) is -4.12. The average molecular weight is 522 g/mol. The van der Waals surface area contributed by atoms with Crippen LogP contribution in [-0.4, -0.2) is 60.3 Å². The maximum atomic E-state index is 12.7. The van der Waals surface area contributed by atoms with Crippen LogP contribution in [0.3, 0.4) is 0 Å². The Morgan fingerprint density at radius 3 is 2.44 bits per heavy atom. The van der Waals surface area contributed by atoms with Gasteiger partial charge in [0.15, 0.2) is 0 Å². The molecule has 0 amide bonds. The highest BCUT2D eigenvalue weighted by molar-refractivity contribution is 7.90. The lowest BCUT2D eigenvalue weighted by Crippen LogP contribution is -2.24. The largest absolute Gasteiger partial charge is 0.465 e. The first kappa shape index (κ1) is 27.9. The van der Waals surface area contributed by atoms with Crippen LogP contribution in [0.1, 0.15) is 43.6 Å². The average Bonchev–Trinajstić information content (AvgIpc) is 2.75. The highest BCUT2D eigenvalue weighted by Gasteiger charge is 2.31. The zero-order valence-corrected chi connectivity index (χ0v) is 20.8. The van der Waals surface area contributed by atoms with Crippen molar-refractivity contribution in [1.82, 2.24) is 9.97 Å². The molecular weight excluding hydrogens is 498 g/mol. The summed E-state index contributed by atoms with van der Waals surface area (Å²) < 4.78 is 39.9. The number of ether oxygens (including phenoxy) is 3. The number of benzene rings is 1. The number of esters is 2. The topological polar surface area (TPSA) is 201 Å². The van der Waals surface area contributed by atoms with Gasteiger partial charge < -0.3 is 19.5 Å². The summed E-state index contributed by atoms with van der Waals surface area (Å²) in [6.07, 6.45) is 0.759. The van der Waals surface area contributed by atoms with E-state index in [0.29, 0.717) is 0 Å². The van der Waals surface area contributed by atoms with E-state index in [1.165, 1.54) is 12.1 Å². The molecule has 0 aliphatic heterocycles. The molecule has 0 saturated carbocycles. The third-order valence-corrected chi connectivity index (χ3v) is 4.83. The van der Waals surface area contributed by atoms with Crippen LogP contribution in [0.5, 0.6) is 11.6 Å². The molecule has 192 valence electrons. The molecule has 1 aromatic carbocycles. The van der Waals surface area contributed by atoms with E-state index in [9.17, 15) is 33.4 Å². The first-order chi connectivity index (χ1) is 16.7. The number of nitrogens with zero attached hydrogens (tertiary/aromatic N) is 4. The predicted octanol–water partition coefficient (Wildman–Crippen LogP) is 2.38. The van der Waals surface area contributed by atoms with E-state index in [-0.39, 0.29) is 23.5 Å². The van der Waals surface area contributed by atoms with Crippen molar-refractivity contribution in [2.45, 2.75) is 38.5 Å². The Bertz CT molecular complexity index is 1340. The van der Waals surface area contributed by atoms with E-state index in [4.69, 9.17) is 14.2 Å². The molecule has 2 rings (SSSR count). The SMILES string of the molecule is CCOC(=O)CNc1nc(S(C)(=O)=O)nc(Oc2cc(C#N)ccc2C(=O)OC(C)(C)C)c1[N+](=O)[O-]. The summed E-state index contributed by atoms with van der Waals surface area (Å²) in [5.74, 6) is -3.53. The summed E-state index contributed by atoms with van der Waals surface area (Å²) in [5, 5.41) is 22.6. The number of hydrogen-bond donors (Lipinski definition) is 1. The molecule has 0 bridgehead atoms. The highest BCUT2D eigenvalue weighted by atomic mass is 32.2. The molecule has 1 aromatic heterocycles. The second kappa shape index (κ2) is 11.0. The minimum absolute atomic E-state index is 0.0259. The monoisotopic (exact) mass is 521 g/mol. The van der Waals surface area contributed by atoms with Crippen molar-refractivity contribution in [3.8, 4) is 17.7 Å². The molecule has 0 aliphatic rings. The quantitative estimate of drug-likeness (QED) is 0.218. The van der Waals surface area contributed by atoms with Gasteiger partial charge in [0.05, 0.1) is 23.2 Å². The van der Waals surface area contributed by atoms with Gasteiger partial charge in [0.25, 0.3) is 5.16 Å². The lowest BCUT2D eigenvalue weighted by atomic mass is 10.1. The van der Waals surface area contributed by atoms with Crippen molar-refractivity contribution >= 4 is 33.3 Å². The van der Waals surface area contributed by atoms with Gasteiger partial charge in [-0.3, -0.25) is 14.9 Å². The van der Waals surface area contributed by atoms with Crippen LogP contribution in [0, 0.1) is 21.4 Å². The van der Waals surface area contributed by atoms with Gasteiger partial charge in [-0.25, -0.2) is 13.2 Å². The molecule has 0 atom stereocenters. The number of aromatic nitrogens is 2. The molecule has 1 N–H and O–H groups in total. The van der Waals surface area contributed by atoms with Gasteiger partial charge in [-0.2, -0.15) is 15.2 Å². The van der Waals surface area contributed by atoms with E-state index >= 15 is 0 Å². The van der Waals surface area contributed by atoms with Gasteiger partial charge in [0, 0.05) is 6.26 Å². The van der Waals surface area contributed by atoms with Crippen molar-refractivity contribution in [2.24, 2.45) is 0 Å². The molecule has 0 saturated heterocycles. The standard InChI is InChI=1S/C21H23N5O9S/c1-6-33-15(27)11-23-17-16(26(29)30)18(25-20(24-17)36(5,31)32)34-14-9-12(10-22)7-8-13(14)19(28)35-21(2,3)4/h7-9H,6,11H2,1-5H3,(H,23,24,25). The minimum atomic E-state index is -4.12. The van der Waals surface area contributed by atoms with E-state index < -0.39 is 61.4 Å². The summed E-state index contributed by atoms with van der Waals surface area (Å²) in [4.78, 5) is 42.7. The zero-order valence-electron chi connectivity index (χ0n) is 20.0. The Kier molecular flexibility index (Phi) is 8.49. The van der Waals surface area contributed by atoms with Crippen LogP contribution >= 0.6 is 0 Å². The Morgan fingerprint density at radius 2 is 1.92 bits per heavy atom. The van der Waals surface area contributed by atoms with Crippen molar-refractivity contribution < 1.29 is 37.1 Å². The molecule has 2 aromatic rings. The normalized spacial score (nSPS) is 11.2.